The van der Waals surface area contributed by atoms with Gasteiger partial charge in [-0.1, -0.05) is 0 Å². The molecule has 2 heterocycles. The minimum atomic E-state index is -0.0437. The molecule has 1 saturated heterocycles. The van der Waals surface area contributed by atoms with Gasteiger partial charge in [0.15, 0.2) is 0 Å². The average molecular weight is 244 g/mol. The SMILES string of the molecule is Cn1nccc1C(=O)N1CCOCC1CCl. The molecule has 0 spiro atoms. The summed E-state index contributed by atoms with van der Waals surface area (Å²) < 4.78 is 6.87. The van der Waals surface area contributed by atoms with Crippen molar-refractivity contribution in [2.75, 3.05) is 25.6 Å². The highest BCUT2D eigenvalue weighted by atomic mass is 35.5. The van der Waals surface area contributed by atoms with Crippen molar-refractivity contribution in [1.29, 1.82) is 0 Å². The van der Waals surface area contributed by atoms with Gasteiger partial charge < -0.3 is 9.64 Å². The van der Waals surface area contributed by atoms with Crippen molar-refractivity contribution in [2.24, 2.45) is 7.05 Å². The molecule has 16 heavy (non-hydrogen) atoms. The van der Waals surface area contributed by atoms with Gasteiger partial charge in [-0.2, -0.15) is 5.10 Å². The Morgan fingerprint density at radius 2 is 2.56 bits per heavy atom. The Morgan fingerprint density at radius 3 is 3.19 bits per heavy atom. The Hall–Kier alpha value is -1.07. The fourth-order valence-electron chi connectivity index (χ4n) is 1.78. The molecule has 1 unspecified atom stereocenters. The number of carbonyl (C=O) groups is 1. The van der Waals surface area contributed by atoms with Crippen LogP contribution >= 0.6 is 11.6 Å². The van der Waals surface area contributed by atoms with E-state index in [0.717, 1.165) is 0 Å². The Balaban J connectivity index is 2.17. The lowest BCUT2D eigenvalue weighted by atomic mass is 10.2. The summed E-state index contributed by atoms with van der Waals surface area (Å²) in [6.45, 7) is 1.66. The number of aryl methyl sites for hydroxylation is 1. The molecular formula is C10H14ClN3O2. The van der Waals surface area contributed by atoms with Crippen LogP contribution in [0.4, 0.5) is 0 Å². The maximum Gasteiger partial charge on any atom is 0.272 e. The van der Waals surface area contributed by atoms with Crippen LogP contribution < -0.4 is 0 Å². The quantitative estimate of drug-likeness (QED) is 0.711. The number of hydrogen-bond acceptors (Lipinski definition) is 3. The molecule has 1 atom stereocenters. The van der Waals surface area contributed by atoms with Crippen LogP contribution in [0.2, 0.25) is 0 Å². The summed E-state index contributed by atoms with van der Waals surface area (Å²) in [4.78, 5) is 14.0. The molecule has 1 aromatic rings. The van der Waals surface area contributed by atoms with Gasteiger partial charge in [-0.05, 0) is 6.07 Å². The number of alkyl halides is 1. The summed E-state index contributed by atoms with van der Waals surface area (Å²) in [6.07, 6.45) is 1.61. The summed E-state index contributed by atoms with van der Waals surface area (Å²) in [6, 6.07) is 1.67. The standard InChI is InChI=1S/C10H14ClN3O2/c1-13-9(2-3-12-13)10(15)14-4-5-16-7-8(14)6-11/h2-3,8H,4-7H2,1H3. The summed E-state index contributed by atoms with van der Waals surface area (Å²) in [5, 5.41) is 3.99. The molecule has 0 saturated carbocycles. The van der Waals surface area contributed by atoms with Crippen LogP contribution in [0.5, 0.6) is 0 Å². The topological polar surface area (TPSA) is 47.4 Å². The highest BCUT2D eigenvalue weighted by Gasteiger charge is 2.28. The van der Waals surface area contributed by atoms with Gasteiger partial charge in [-0.15, -0.1) is 11.6 Å². The first-order valence-electron chi connectivity index (χ1n) is 5.16. The highest BCUT2D eigenvalue weighted by molar-refractivity contribution is 6.18. The third-order valence-corrected chi connectivity index (χ3v) is 3.06. The van der Waals surface area contributed by atoms with Gasteiger partial charge in [0.1, 0.15) is 5.69 Å². The van der Waals surface area contributed by atoms with Gasteiger partial charge >= 0.3 is 0 Å². The van der Waals surface area contributed by atoms with Crippen molar-refractivity contribution in [3.63, 3.8) is 0 Å². The fourth-order valence-corrected chi connectivity index (χ4v) is 2.04. The maximum atomic E-state index is 12.2. The Morgan fingerprint density at radius 1 is 1.75 bits per heavy atom. The highest BCUT2D eigenvalue weighted by Crippen LogP contribution is 2.13. The van der Waals surface area contributed by atoms with Crippen molar-refractivity contribution in [3.8, 4) is 0 Å². The number of ether oxygens (including phenoxy) is 1. The van der Waals surface area contributed by atoms with Gasteiger partial charge in [0.2, 0.25) is 0 Å². The minimum Gasteiger partial charge on any atom is -0.377 e. The van der Waals surface area contributed by atoms with Crippen molar-refractivity contribution in [2.45, 2.75) is 6.04 Å². The Kier molecular flexibility index (Phi) is 3.46. The number of hydrogen-bond donors (Lipinski definition) is 0. The van der Waals surface area contributed by atoms with Crippen LogP contribution in [-0.2, 0) is 11.8 Å². The van der Waals surface area contributed by atoms with Crippen LogP contribution in [0, 0.1) is 0 Å². The van der Waals surface area contributed by atoms with Gasteiger partial charge in [0, 0.05) is 25.7 Å². The van der Waals surface area contributed by atoms with Crippen LogP contribution in [0.1, 0.15) is 10.5 Å². The first kappa shape index (κ1) is 11.4. The van der Waals surface area contributed by atoms with Gasteiger partial charge in [-0.25, -0.2) is 0 Å². The predicted molar refractivity (Wildman–Crippen MR) is 59.6 cm³/mol. The second kappa shape index (κ2) is 4.84. The summed E-state index contributed by atoms with van der Waals surface area (Å²) in [7, 11) is 1.75. The maximum absolute atomic E-state index is 12.2. The molecule has 0 aliphatic carbocycles. The second-order valence-corrected chi connectivity index (χ2v) is 4.03. The molecular weight excluding hydrogens is 230 g/mol. The van der Waals surface area contributed by atoms with Gasteiger partial charge in [0.25, 0.3) is 5.91 Å². The molecule has 88 valence electrons. The van der Waals surface area contributed by atoms with Crippen molar-refractivity contribution in [3.05, 3.63) is 18.0 Å². The first-order valence-corrected chi connectivity index (χ1v) is 5.70. The zero-order valence-electron chi connectivity index (χ0n) is 9.10. The van der Waals surface area contributed by atoms with Crippen LogP contribution in [-0.4, -0.2) is 52.3 Å². The molecule has 1 fully saturated rings. The first-order chi connectivity index (χ1) is 7.74. The van der Waals surface area contributed by atoms with E-state index in [1.807, 2.05) is 0 Å². The Bertz CT molecular complexity index is 380. The third kappa shape index (κ3) is 2.05. The zero-order valence-corrected chi connectivity index (χ0v) is 9.85. The smallest absolute Gasteiger partial charge is 0.272 e. The van der Waals surface area contributed by atoms with E-state index >= 15 is 0 Å². The van der Waals surface area contributed by atoms with Crippen LogP contribution in [0.25, 0.3) is 0 Å². The number of halogens is 1. The molecule has 0 N–H and O–H groups in total. The molecule has 6 heteroatoms. The predicted octanol–water partition coefficient (Wildman–Crippen LogP) is 0.500. The summed E-state index contributed by atoms with van der Waals surface area (Å²) in [5.74, 6) is 0.359. The number of nitrogens with zero attached hydrogens (tertiary/aromatic N) is 3. The number of amides is 1. The lowest BCUT2D eigenvalue weighted by Crippen LogP contribution is -2.50. The van der Waals surface area contributed by atoms with E-state index in [-0.39, 0.29) is 11.9 Å². The minimum absolute atomic E-state index is 0.0334. The van der Waals surface area contributed by atoms with Gasteiger partial charge in [-0.3, -0.25) is 9.48 Å². The van der Waals surface area contributed by atoms with E-state index in [1.54, 1.807) is 28.9 Å². The zero-order chi connectivity index (χ0) is 11.5. The summed E-state index contributed by atoms with van der Waals surface area (Å²) >= 11 is 5.82. The fraction of sp³-hybridized carbons (Fsp3) is 0.600. The van der Waals surface area contributed by atoms with E-state index in [2.05, 4.69) is 5.10 Å². The molecule has 5 nitrogen and oxygen atoms in total. The average Bonchev–Trinajstić information content (AvgIpc) is 2.74. The number of morpholine rings is 1. The van der Waals surface area contributed by atoms with Crippen LogP contribution in [0.15, 0.2) is 12.3 Å². The van der Waals surface area contributed by atoms with E-state index in [0.29, 0.717) is 31.3 Å². The third-order valence-electron chi connectivity index (χ3n) is 2.71. The number of aromatic nitrogens is 2. The van der Waals surface area contributed by atoms with E-state index in [1.165, 1.54) is 0 Å². The lowest BCUT2D eigenvalue weighted by Gasteiger charge is -2.34. The van der Waals surface area contributed by atoms with Crippen molar-refractivity contribution >= 4 is 17.5 Å². The molecule has 1 aliphatic heterocycles. The molecule has 1 aliphatic rings. The van der Waals surface area contributed by atoms with Crippen molar-refractivity contribution in [1.82, 2.24) is 14.7 Å². The number of carbonyl (C=O) groups excluding carboxylic acids is 1. The largest absolute Gasteiger partial charge is 0.377 e. The van der Waals surface area contributed by atoms with Crippen LogP contribution in [0.3, 0.4) is 0 Å². The molecule has 0 bridgehead atoms. The van der Waals surface area contributed by atoms with Gasteiger partial charge in [0.05, 0.1) is 19.3 Å². The molecule has 2 rings (SSSR count). The molecule has 1 aromatic heterocycles. The second-order valence-electron chi connectivity index (χ2n) is 3.72. The summed E-state index contributed by atoms with van der Waals surface area (Å²) in [5.41, 5.74) is 0.581. The molecule has 0 aromatic carbocycles. The molecule has 0 radical (unpaired) electrons. The monoisotopic (exact) mass is 243 g/mol. The lowest BCUT2D eigenvalue weighted by molar-refractivity contribution is 0.00397. The van der Waals surface area contributed by atoms with E-state index in [4.69, 9.17) is 16.3 Å². The number of rotatable bonds is 2. The van der Waals surface area contributed by atoms with E-state index < -0.39 is 0 Å². The molecule has 1 amide bonds. The normalized spacial score (nSPS) is 21.1. The van der Waals surface area contributed by atoms with E-state index in [9.17, 15) is 4.79 Å². The Labute approximate surface area is 98.9 Å². The van der Waals surface area contributed by atoms with Crippen molar-refractivity contribution < 1.29 is 9.53 Å².